The molecule has 0 amide bonds. The van der Waals surface area contributed by atoms with Crippen LogP contribution < -0.4 is 4.90 Å². The lowest BCUT2D eigenvalue weighted by atomic mass is 9.81. The van der Waals surface area contributed by atoms with Crippen molar-refractivity contribution in [3.8, 4) is 0 Å². The van der Waals surface area contributed by atoms with Gasteiger partial charge in [-0.05, 0) is 63.6 Å². The van der Waals surface area contributed by atoms with Crippen LogP contribution in [0.5, 0.6) is 0 Å². The third-order valence-electron chi connectivity index (χ3n) is 5.45. The van der Waals surface area contributed by atoms with Crippen LogP contribution in [0.15, 0.2) is 48.5 Å². The van der Waals surface area contributed by atoms with Crippen LogP contribution in [0.1, 0.15) is 38.8 Å². The second-order valence-electron chi connectivity index (χ2n) is 7.33. The second-order valence-corrected chi connectivity index (χ2v) is 7.33. The van der Waals surface area contributed by atoms with Crippen molar-refractivity contribution in [1.29, 1.82) is 0 Å². The lowest BCUT2D eigenvalue weighted by Gasteiger charge is -2.20. The average Bonchev–Trinajstić information content (AvgIpc) is 2.81. The molecule has 2 nitrogen and oxygen atoms in total. The van der Waals surface area contributed by atoms with Crippen LogP contribution >= 0.6 is 0 Å². The van der Waals surface area contributed by atoms with Gasteiger partial charge in [0.1, 0.15) is 12.9 Å². The fourth-order valence-electron chi connectivity index (χ4n) is 3.87. The molecule has 0 N–H and O–H groups in total. The van der Waals surface area contributed by atoms with Gasteiger partial charge in [-0.3, -0.25) is 0 Å². The summed E-state index contributed by atoms with van der Waals surface area (Å²) < 4.78 is 15.9. The molecule has 1 heterocycles. The summed E-state index contributed by atoms with van der Waals surface area (Å²) in [5, 5.41) is 0. The van der Waals surface area contributed by atoms with Crippen molar-refractivity contribution < 1.29 is 8.97 Å². The molecule has 136 valence electrons. The van der Waals surface area contributed by atoms with E-state index in [0.717, 1.165) is 24.3 Å². The third kappa shape index (κ3) is 3.18. The first-order valence-corrected chi connectivity index (χ1v) is 9.32. The molecule has 1 aliphatic heterocycles. The van der Waals surface area contributed by atoms with Gasteiger partial charge in [0.05, 0.1) is 5.41 Å². The summed E-state index contributed by atoms with van der Waals surface area (Å²) in [5.74, 6) is -0.178. The van der Waals surface area contributed by atoms with E-state index in [4.69, 9.17) is 0 Å². The minimum absolute atomic E-state index is 0.178. The highest BCUT2D eigenvalue weighted by atomic mass is 19.1. The SMILES string of the molecule is CCN(CC)c1ccc(/C=C/C2=[N+](C)c3ccc(F)cc3C2(C)C)cc1. The topological polar surface area (TPSA) is 6.25 Å². The number of benzene rings is 2. The van der Waals surface area contributed by atoms with Gasteiger partial charge in [0.25, 0.3) is 0 Å². The predicted molar refractivity (Wildman–Crippen MR) is 109 cm³/mol. The van der Waals surface area contributed by atoms with Crippen LogP contribution in [0.3, 0.4) is 0 Å². The first-order valence-electron chi connectivity index (χ1n) is 9.32. The van der Waals surface area contributed by atoms with Gasteiger partial charge < -0.3 is 4.90 Å². The molecular formula is C23H28FN2+. The number of anilines is 1. The fourth-order valence-corrected chi connectivity index (χ4v) is 3.87. The van der Waals surface area contributed by atoms with E-state index in [1.807, 2.05) is 6.07 Å². The van der Waals surface area contributed by atoms with E-state index in [1.54, 1.807) is 6.07 Å². The Morgan fingerprint density at radius 1 is 1.00 bits per heavy atom. The molecule has 0 saturated carbocycles. The Morgan fingerprint density at radius 3 is 2.27 bits per heavy atom. The van der Waals surface area contributed by atoms with Gasteiger partial charge in [-0.15, -0.1) is 0 Å². The van der Waals surface area contributed by atoms with Gasteiger partial charge in [0.2, 0.25) is 5.69 Å². The molecule has 0 unspecified atom stereocenters. The van der Waals surface area contributed by atoms with Crippen molar-refractivity contribution in [2.45, 2.75) is 33.1 Å². The van der Waals surface area contributed by atoms with Crippen molar-refractivity contribution >= 4 is 23.2 Å². The maximum atomic E-state index is 13.7. The van der Waals surface area contributed by atoms with E-state index in [0.29, 0.717) is 0 Å². The normalized spacial score (nSPS) is 15.6. The number of nitrogens with zero attached hydrogens (tertiary/aromatic N) is 2. The van der Waals surface area contributed by atoms with E-state index in [2.05, 4.69) is 80.6 Å². The molecule has 0 saturated heterocycles. The van der Waals surface area contributed by atoms with Crippen molar-refractivity contribution in [3.05, 3.63) is 65.5 Å². The van der Waals surface area contributed by atoms with Crippen molar-refractivity contribution in [3.63, 3.8) is 0 Å². The van der Waals surface area contributed by atoms with Gasteiger partial charge in [-0.2, -0.15) is 4.58 Å². The van der Waals surface area contributed by atoms with E-state index in [1.165, 1.54) is 23.0 Å². The Bertz CT molecular complexity index is 856. The maximum absolute atomic E-state index is 13.7. The van der Waals surface area contributed by atoms with Gasteiger partial charge in [-0.1, -0.05) is 12.1 Å². The molecule has 0 atom stereocenters. The molecule has 26 heavy (non-hydrogen) atoms. The Balaban J connectivity index is 1.88. The summed E-state index contributed by atoms with van der Waals surface area (Å²) in [6, 6.07) is 13.7. The molecule has 0 aromatic heterocycles. The number of hydrogen-bond donors (Lipinski definition) is 0. The zero-order chi connectivity index (χ0) is 18.9. The predicted octanol–water partition coefficient (Wildman–Crippen LogP) is 5.39. The molecular weight excluding hydrogens is 323 g/mol. The standard InChI is InChI=1S/C23H28FN2/c1-6-26(7-2)19-12-8-17(9-13-19)10-15-22-23(3,4)20-16-18(24)11-14-21(20)25(22)5/h8-16H,6-7H2,1-5H3/q+1. The van der Waals surface area contributed by atoms with Gasteiger partial charge in [-0.25, -0.2) is 4.39 Å². The van der Waals surface area contributed by atoms with E-state index < -0.39 is 0 Å². The largest absolute Gasteiger partial charge is 0.372 e. The summed E-state index contributed by atoms with van der Waals surface area (Å²) >= 11 is 0. The molecule has 0 fully saturated rings. The number of rotatable bonds is 5. The molecule has 1 aliphatic rings. The first kappa shape index (κ1) is 18.4. The molecule has 0 spiro atoms. The monoisotopic (exact) mass is 351 g/mol. The molecule has 2 aromatic carbocycles. The Kier molecular flexibility index (Phi) is 4.99. The fraction of sp³-hybridized carbons (Fsp3) is 0.348. The molecule has 0 aliphatic carbocycles. The lowest BCUT2D eigenvalue weighted by molar-refractivity contribution is -0.401. The van der Waals surface area contributed by atoms with Gasteiger partial charge in [0, 0.05) is 36.5 Å². The van der Waals surface area contributed by atoms with Crippen LogP contribution in [0.4, 0.5) is 15.8 Å². The summed E-state index contributed by atoms with van der Waals surface area (Å²) in [4.78, 5) is 2.33. The van der Waals surface area contributed by atoms with E-state index in [9.17, 15) is 4.39 Å². The van der Waals surface area contributed by atoms with E-state index >= 15 is 0 Å². The zero-order valence-corrected chi connectivity index (χ0v) is 16.4. The highest BCUT2D eigenvalue weighted by Crippen LogP contribution is 2.39. The minimum Gasteiger partial charge on any atom is -0.372 e. The number of halogens is 1. The van der Waals surface area contributed by atoms with Crippen LogP contribution in [0, 0.1) is 5.82 Å². The van der Waals surface area contributed by atoms with E-state index in [-0.39, 0.29) is 11.2 Å². The Labute approximate surface area is 156 Å². The molecule has 2 aromatic rings. The molecule has 0 bridgehead atoms. The molecule has 3 rings (SSSR count). The third-order valence-corrected chi connectivity index (χ3v) is 5.45. The van der Waals surface area contributed by atoms with Gasteiger partial charge in [0.15, 0.2) is 5.71 Å². The summed E-state index contributed by atoms with van der Waals surface area (Å²) in [5.41, 5.74) is 5.49. The number of hydrogen-bond acceptors (Lipinski definition) is 1. The molecule has 0 radical (unpaired) electrons. The highest BCUT2D eigenvalue weighted by molar-refractivity contribution is 6.05. The number of allylic oxidation sites excluding steroid dienone is 1. The van der Waals surface area contributed by atoms with Crippen LogP contribution in [0.25, 0.3) is 6.08 Å². The quantitative estimate of drug-likeness (QED) is 0.655. The minimum atomic E-state index is -0.218. The summed E-state index contributed by atoms with van der Waals surface area (Å²) in [7, 11) is 2.05. The van der Waals surface area contributed by atoms with Crippen molar-refractivity contribution in [2.24, 2.45) is 0 Å². The smallest absolute Gasteiger partial charge is 0.209 e. The lowest BCUT2D eigenvalue weighted by Crippen LogP contribution is -2.26. The maximum Gasteiger partial charge on any atom is 0.209 e. The first-order chi connectivity index (χ1) is 12.4. The number of fused-ring (bicyclic) bond motifs is 1. The van der Waals surface area contributed by atoms with Crippen molar-refractivity contribution in [1.82, 2.24) is 0 Å². The summed E-state index contributed by atoms with van der Waals surface area (Å²) in [6.07, 6.45) is 4.30. The Morgan fingerprint density at radius 2 is 1.65 bits per heavy atom. The zero-order valence-electron chi connectivity index (χ0n) is 16.4. The van der Waals surface area contributed by atoms with Gasteiger partial charge >= 0.3 is 0 Å². The second kappa shape index (κ2) is 7.06. The highest BCUT2D eigenvalue weighted by Gasteiger charge is 2.43. The van der Waals surface area contributed by atoms with Crippen LogP contribution in [-0.2, 0) is 5.41 Å². The van der Waals surface area contributed by atoms with Crippen LogP contribution in [0.2, 0.25) is 0 Å². The summed E-state index contributed by atoms with van der Waals surface area (Å²) in [6.45, 7) is 10.7. The average molecular weight is 351 g/mol. The van der Waals surface area contributed by atoms with Crippen LogP contribution in [-0.4, -0.2) is 30.4 Å². The van der Waals surface area contributed by atoms with Crippen molar-refractivity contribution in [2.75, 3.05) is 25.0 Å². The molecule has 3 heteroatoms. The Hall–Kier alpha value is -2.42.